The molecule has 118 valence electrons. The Balaban J connectivity index is 1.81. The molecule has 0 saturated heterocycles. The fourth-order valence-electron chi connectivity index (χ4n) is 2.02. The zero-order valence-corrected chi connectivity index (χ0v) is 13.2. The number of halogens is 1. The van der Waals surface area contributed by atoms with Crippen LogP contribution in [0.5, 0.6) is 5.75 Å². The number of aromatic nitrogens is 2. The number of nitrogens with zero attached hydrogens (tertiary/aromatic N) is 3. The third-order valence-corrected chi connectivity index (χ3v) is 3.50. The van der Waals surface area contributed by atoms with Crippen molar-refractivity contribution in [2.45, 2.75) is 6.92 Å². The summed E-state index contributed by atoms with van der Waals surface area (Å²) in [7, 11) is 0. The highest BCUT2D eigenvalue weighted by atomic mass is 35.5. The van der Waals surface area contributed by atoms with Crippen molar-refractivity contribution in [1.82, 2.24) is 10.2 Å². The van der Waals surface area contributed by atoms with E-state index in [9.17, 15) is 4.79 Å². The third kappa shape index (κ3) is 3.12. The van der Waals surface area contributed by atoms with Gasteiger partial charge in [0.25, 0.3) is 0 Å². The van der Waals surface area contributed by atoms with Crippen LogP contribution in [0.4, 0.5) is 0 Å². The Morgan fingerprint density at radius 2 is 1.96 bits per heavy atom. The van der Waals surface area contributed by atoms with Gasteiger partial charge in [-0.25, -0.2) is 4.79 Å². The lowest BCUT2D eigenvalue weighted by molar-refractivity contribution is 0.0734. The van der Waals surface area contributed by atoms with Crippen LogP contribution in [0.3, 0.4) is 0 Å². The zero-order valence-electron chi connectivity index (χ0n) is 12.5. The first kappa shape index (κ1) is 15.7. The highest BCUT2D eigenvalue weighted by Gasteiger charge is 2.14. The molecule has 1 aromatic heterocycles. The molecule has 0 N–H and O–H groups in total. The van der Waals surface area contributed by atoms with Gasteiger partial charge in [0.2, 0.25) is 11.8 Å². The van der Waals surface area contributed by atoms with Gasteiger partial charge in [0.15, 0.2) is 5.75 Å². The van der Waals surface area contributed by atoms with Gasteiger partial charge in [-0.05, 0) is 36.4 Å². The lowest BCUT2D eigenvalue weighted by Crippen LogP contribution is -2.09. The van der Waals surface area contributed by atoms with E-state index in [4.69, 9.17) is 26.0 Å². The number of carbonyl (C=O) groups is 1. The Hall–Kier alpha value is -3.17. The SMILES string of the molecule is Cc1nnc(-c2ccc(C(=O)Oc3cccc(Cl)c3C#N)cc2)o1. The molecule has 0 spiro atoms. The van der Waals surface area contributed by atoms with Crippen LogP contribution in [0.15, 0.2) is 46.9 Å². The second-order valence-electron chi connectivity index (χ2n) is 4.82. The van der Waals surface area contributed by atoms with E-state index in [1.54, 1.807) is 43.3 Å². The lowest BCUT2D eigenvalue weighted by atomic mass is 10.1. The molecule has 0 unspecified atom stereocenters. The van der Waals surface area contributed by atoms with E-state index >= 15 is 0 Å². The molecule has 0 aliphatic rings. The molecule has 1 heterocycles. The van der Waals surface area contributed by atoms with E-state index in [-0.39, 0.29) is 16.3 Å². The van der Waals surface area contributed by atoms with Gasteiger partial charge in [-0.1, -0.05) is 17.7 Å². The van der Waals surface area contributed by atoms with Crippen molar-refractivity contribution >= 4 is 17.6 Å². The number of hydrogen-bond acceptors (Lipinski definition) is 6. The van der Waals surface area contributed by atoms with Crippen LogP contribution in [-0.4, -0.2) is 16.2 Å². The van der Waals surface area contributed by atoms with Gasteiger partial charge >= 0.3 is 5.97 Å². The molecule has 0 radical (unpaired) electrons. The summed E-state index contributed by atoms with van der Waals surface area (Å²) in [6.07, 6.45) is 0. The summed E-state index contributed by atoms with van der Waals surface area (Å²) in [6, 6.07) is 13.1. The number of rotatable bonds is 3. The Morgan fingerprint density at radius 1 is 1.21 bits per heavy atom. The molecule has 0 bridgehead atoms. The molecule has 7 heteroatoms. The number of ether oxygens (including phenoxy) is 1. The van der Waals surface area contributed by atoms with E-state index in [1.165, 1.54) is 6.07 Å². The van der Waals surface area contributed by atoms with E-state index in [1.807, 2.05) is 6.07 Å². The highest BCUT2D eigenvalue weighted by molar-refractivity contribution is 6.32. The fraction of sp³-hybridized carbons (Fsp3) is 0.0588. The minimum Gasteiger partial charge on any atom is -0.421 e. The second kappa shape index (κ2) is 6.52. The Kier molecular flexibility index (Phi) is 4.27. The number of aryl methyl sites for hydroxylation is 1. The summed E-state index contributed by atoms with van der Waals surface area (Å²) in [5.41, 5.74) is 1.12. The molecular weight excluding hydrogens is 330 g/mol. The van der Waals surface area contributed by atoms with E-state index in [0.717, 1.165) is 0 Å². The van der Waals surface area contributed by atoms with Gasteiger partial charge in [-0.2, -0.15) is 5.26 Å². The third-order valence-electron chi connectivity index (χ3n) is 3.18. The van der Waals surface area contributed by atoms with Crippen molar-refractivity contribution in [3.63, 3.8) is 0 Å². The number of nitriles is 1. The van der Waals surface area contributed by atoms with Crippen LogP contribution < -0.4 is 4.74 Å². The quantitative estimate of drug-likeness (QED) is 0.532. The van der Waals surface area contributed by atoms with Gasteiger partial charge in [0.05, 0.1) is 10.6 Å². The minimum absolute atomic E-state index is 0.116. The maximum Gasteiger partial charge on any atom is 0.343 e. The van der Waals surface area contributed by atoms with Crippen LogP contribution in [-0.2, 0) is 0 Å². The van der Waals surface area contributed by atoms with Gasteiger partial charge in [-0.3, -0.25) is 0 Å². The first-order chi connectivity index (χ1) is 11.6. The van der Waals surface area contributed by atoms with Crippen molar-refractivity contribution in [2.75, 3.05) is 0 Å². The molecule has 0 aliphatic heterocycles. The molecular formula is C17H10ClN3O3. The fourth-order valence-corrected chi connectivity index (χ4v) is 2.23. The van der Waals surface area contributed by atoms with Crippen molar-refractivity contribution in [3.05, 3.63) is 64.5 Å². The molecule has 0 saturated carbocycles. The van der Waals surface area contributed by atoms with E-state index < -0.39 is 5.97 Å². The summed E-state index contributed by atoms with van der Waals surface area (Å²) >= 11 is 5.91. The van der Waals surface area contributed by atoms with Crippen LogP contribution >= 0.6 is 11.6 Å². The zero-order chi connectivity index (χ0) is 17.1. The topological polar surface area (TPSA) is 89.0 Å². The molecule has 24 heavy (non-hydrogen) atoms. The first-order valence-electron chi connectivity index (χ1n) is 6.90. The predicted molar refractivity (Wildman–Crippen MR) is 85.6 cm³/mol. The van der Waals surface area contributed by atoms with Crippen molar-refractivity contribution in [1.29, 1.82) is 5.26 Å². The minimum atomic E-state index is -0.595. The Labute approximate surface area is 142 Å². The lowest BCUT2D eigenvalue weighted by Gasteiger charge is -2.07. The average Bonchev–Trinajstić information content (AvgIpc) is 3.02. The second-order valence-corrected chi connectivity index (χ2v) is 5.23. The van der Waals surface area contributed by atoms with E-state index in [2.05, 4.69) is 10.2 Å². The highest BCUT2D eigenvalue weighted by Crippen LogP contribution is 2.26. The van der Waals surface area contributed by atoms with Gasteiger partial charge < -0.3 is 9.15 Å². The Bertz CT molecular complexity index is 942. The average molecular weight is 340 g/mol. The molecule has 0 fully saturated rings. The van der Waals surface area contributed by atoms with Crippen molar-refractivity contribution in [2.24, 2.45) is 0 Å². The van der Waals surface area contributed by atoms with Crippen LogP contribution in [0, 0.1) is 18.3 Å². The molecule has 3 aromatic rings. The summed E-state index contributed by atoms with van der Waals surface area (Å²) in [4.78, 5) is 12.2. The number of carbonyl (C=O) groups excluding carboxylic acids is 1. The summed E-state index contributed by atoms with van der Waals surface area (Å²) < 4.78 is 10.6. The summed E-state index contributed by atoms with van der Waals surface area (Å²) in [6.45, 7) is 1.69. The molecule has 3 rings (SSSR count). The smallest absolute Gasteiger partial charge is 0.343 e. The molecule has 0 atom stereocenters. The number of esters is 1. The van der Waals surface area contributed by atoms with Gasteiger partial charge in [-0.15, -0.1) is 10.2 Å². The monoisotopic (exact) mass is 339 g/mol. The first-order valence-corrected chi connectivity index (χ1v) is 7.27. The van der Waals surface area contributed by atoms with Gasteiger partial charge in [0, 0.05) is 12.5 Å². The van der Waals surface area contributed by atoms with Crippen molar-refractivity contribution < 1.29 is 13.9 Å². The Morgan fingerprint density at radius 3 is 2.58 bits per heavy atom. The molecule has 0 amide bonds. The molecule has 6 nitrogen and oxygen atoms in total. The van der Waals surface area contributed by atoms with Crippen LogP contribution in [0.1, 0.15) is 21.8 Å². The number of benzene rings is 2. The largest absolute Gasteiger partial charge is 0.421 e. The standard InChI is InChI=1S/C17H10ClN3O3/c1-10-20-21-16(23-10)11-5-7-12(8-6-11)17(22)24-15-4-2-3-14(18)13(15)9-19/h2-8H,1H3. The van der Waals surface area contributed by atoms with Crippen LogP contribution in [0.25, 0.3) is 11.5 Å². The summed E-state index contributed by atoms with van der Waals surface area (Å²) in [5, 5.41) is 17.0. The molecule has 0 aliphatic carbocycles. The number of hydrogen-bond donors (Lipinski definition) is 0. The van der Waals surface area contributed by atoms with Crippen LogP contribution in [0.2, 0.25) is 5.02 Å². The predicted octanol–water partition coefficient (Wildman–Crippen LogP) is 3.79. The maximum atomic E-state index is 12.2. The maximum absolute atomic E-state index is 12.2. The van der Waals surface area contributed by atoms with E-state index in [0.29, 0.717) is 22.9 Å². The molecule has 2 aromatic carbocycles. The summed E-state index contributed by atoms with van der Waals surface area (Å²) in [5.74, 6) is 0.348. The van der Waals surface area contributed by atoms with Crippen molar-refractivity contribution in [3.8, 4) is 23.3 Å². The normalized spacial score (nSPS) is 10.2. The van der Waals surface area contributed by atoms with Gasteiger partial charge in [0.1, 0.15) is 11.6 Å².